The molecule has 2 N–H and O–H groups in total. The molecule has 1 aromatic heterocycles. The van der Waals surface area contributed by atoms with Crippen molar-refractivity contribution in [3.63, 3.8) is 0 Å². The average Bonchev–Trinajstić information content (AvgIpc) is 2.42. The van der Waals surface area contributed by atoms with Crippen molar-refractivity contribution in [2.75, 3.05) is 0 Å². The lowest BCUT2D eigenvalue weighted by atomic mass is 9.73. The standard InChI is InChI=1S/C14H18N2O3/c1-10-6-2-4-8-14(10,13(18)19)16-12(17)11-7-3-5-9-15-11/h3,5,7,9-10H,2,4,6,8H2,1H3,(H,16,17)(H,18,19). The smallest absolute Gasteiger partial charge is 0.329 e. The minimum atomic E-state index is -1.16. The van der Waals surface area contributed by atoms with E-state index >= 15 is 0 Å². The Morgan fingerprint density at radius 2 is 2.21 bits per heavy atom. The molecule has 0 bridgehead atoms. The van der Waals surface area contributed by atoms with Gasteiger partial charge in [0.25, 0.3) is 5.91 Å². The molecule has 0 aromatic carbocycles. The molecule has 1 aliphatic rings. The Morgan fingerprint density at radius 3 is 2.79 bits per heavy atom. The van der Waals surface area contributed by atoms with E-state index in [1.807, 2.05) is 6.92 Å². The SMILES string of the molecule is CC1CCCCC1(NC(=O)c1ccccn1)C(=O)O. The highest BCUT2D eigenvalue weighted by Crippen LogP contribution is 2.34. The molecule has 1 saturated carbocycles. The molecule has 1 aliphatic carbocycles. The van der Waals surface area contributed by atoms with E-state index in [0.717, 1.165) is 19.3 Å². The molecular weight excluding hydrogens is 244 g/mol. The molecule has 0 radical (unpaired) electrons. The highest BCUT2D eigenvalue weighted by Gasteiger charge is 2.46. The van der Waals surface area contributed by atoms with Crippen molar-refractivity contribution in [1.82, 2.24) is 10.3 Å². The molecule has 1 fully saturated rings. The summed E-state index contributed by atoms with van der Waals surface area (Å²) in [5, 5.41) is 12.2. The lowest BCUT2D eigenvalue weighted by molar-refractivity contribution is -0.148. The second-order valence-electron chi connectivity index (χ2n) is 5.09. The van der Waals surface area contributed by atoms with E-state index in [-0.39, 0.29) is 11.6 Å². The molecule has 2 atom stereocenters. The first-order valence-electron chi connectivity index (χ1n) is 6.53. The molecule has 1 aromatic rings. The van der Waals surface area contributed by atoms with Gasteiger partial charge in [0, 0.05) is 6.20 Å². The van der Waals surface area contributed by atoms with Crippen LogP contribution in [0, 0.1) is 5.92 Å². The lowest BCUT2D eigenvalue weighted by Crippen LogP contribution is -2.60. The van der Waals surface area contributed by atoms with Crippen molar-refractivity contribution in [2.24, 2.45) is 5.92 Å². The summed E-state index contributed by atoms with van der Waals surface area (Å²) in [7, 11) is 0. The van der Waals surface area contributed by atoms with Crippen molar-refractivity contribution in [3.8, 4) is 0 Å². The van der Waals surface area contributed by atoms with Gasteiger partial charge >= 0.3 is 5.97 Å². The van der Waals surface area contributed by atoms with Crippen LogP contribution in [0.5, 0.6) is 0 Å². The van der Waals surface area contributed by atoms with E-state index in [2.05, 4.69) is 10.3 Å². The van der Waals surface area contributed by atoms with E-state index in [1.54, 1.807) is 18.2 Å². The minimum absolute atomic E-state index is 0.0774. The Kier molecular flexibility index (Phi) is 3.83. The summed E-state index contributed by atoms with van der Waals surface area (Å²) in [4.78, 5) is 27.7. The van der Waals surface area contributed by atoms with Crippen LogP contribution in [0.15, 0.2) is 24.4 Å². The van der Waals surface area contributed by atoms with Gasteiger partial charge in [-0.1, -0.05) is 25.8 Å². The van der Waals surface area contributed by atoms with Gasteiger partial charge in [-0.3, -0.25) is 9.78 Å². The number of nitrogens with one attached hydrogen (secondary N) is 1. The molecule has 1 heterocycles. The van der Waals surface area contributed by atoms with Gasteiger partial charge in [-0.2, -0.15) is 0 Å². The van der Waals surface area contributed by atoms with E-state index in [1.165, 1.54) is 6.20 Å². The van der Waals surface area contributed by atoms with Crippen LogP contribution in [-0.2, 0) is 4.79 Å². The number of aromatic nitrogens is 1. The van der Waals surface area contributed by atoms with Crippen LogP contribution in [-0.4, -0.2) is 27.5 Å². The molecule has 0 aliphatic heterocycles. The summed E-state index contributed by atoms with van der Waals surface area (Å²) in [6, 6.07) is 5.00. The Balaban J connectivity index is 2.22. The number of nitrogens with zero attached hydrogens (tertiary/aromatic N) is 1. The van der Waals surface area contributed by atoms with Crippen LogP contribution < -0.4 is 5.32 Å². The van der Waals surface area contributed by atoms with Crippen molar-refractivity contribution in [2.45, 2.75) is 38.1 Å². The molecule has 1 amide bonds. The molecule has 5 nitrogen and oxygen atoms in total. The summed E-state index contributed by atoms with van der Waals surface area (Å²) in [6.45, 7) is 1.88. The highest BCUT2D eigenvalue weighted by atomic mass is 16.4. The number of aliphatic carboxylic acids is 1. The van der Waals surface area contributed by atoms with Gasteiger partial charge < -0.3 is 10.4 Å². The van der Waals surface area contributed by atoms with Crippen LogP contribution in [0.4, 0.5) is 0 Å². The van der Waals surface area contributed by atoms with E-state index < -0.39 is 17.4 Å². The Morgan fingerprint density at radius 1 is 1.42 bits per heavy atom. The first-order valence-corrected chi connectivity index (χ1v) is 6.53. The zero-order valence-corrected chi connectivity index (χ0v) is 10.9. The number of carboxylic acids is 1. The lowest BCUT2D eigenvalue weighted by Gasteiger charge is -2.39. The van der Waals surface area contributed by atoms with E-state index in [4.69, 9.17) is 0 Å². The third-order valence-corrected chi connectivity index (χ3v) is 3.92. The Hall–Kier alpha value is -1.91. The predicted molar refractivity (Wildman–Crippen MR) is 69.7 cm³/mol. The van der Waals surface area contributed by atoms with Crippen molar-refractivity contribution < 1.29 is 14.7 Å². The summed E-state index contributed by atoms with van der Waals surface area (Å²) in [6.07, 6.45) is 4.64. The third-order valence-electron chi connectivity index (χ3n) is 3.92. The summed E-state index contributed by atoms with van der Waals surface area (Å²) < 4.78 is 0. The number of rotatable bonds is 3. The second-order valence-corrected chi connectivity index (χ2v) is 5.09. The van der Waals surface area contributed by atoms with Gasteiger partial charge in [0.15, 0.2) is 0 Å². The number of hydrogen-bond donors (Lipinski definition) is 2. The van der Waals surface area contributed by atoms with Gasteiger partial charge in [-0.05, 0) is 30.9 Å². The zero-order valence-electron chi connectivity index (χ0n) is 10.9. The number of pyridine rings is 1. The maximum Gasteiger partial charge on any atom is 0.329 e. The fourth-order valence-electron chi connectivity index (χ4n) is 2.67. The quantitative estimate of drug-likeness (QED) is 0.871. The van der Waals surface area contributed by atoms with Crippen molar-refractivity contribution >= 4 is 11.9 Å². The Bertz CT molecular complexity index is 475. The van der Waals surface area contributed by atoms with Crippen LogP contribution in [0.2, 0.25) is 0 Å². The van der Waals surface area contributed by atoms with Crippen LogP contribution in [0.3, 0.4) is 0 Å². The fraction of sp³-hybridized carbons (Fsp3) is 0.500. The van der Waals surface area contributed by atoms with Gasteiger partial charge in [0.1, 0.15) is 11.2 Å². The molecule has 5 heteroatoms. The maximum atomic E-state index is 12.1. The number of hydrogen-bond acceptors (Lipinski definition) is 3. The zero-order chi connectivity index (χ0) is 13.9. The van der Waals surface area contributed by atoms with Gasteiger partial charge in [-0.15, -0.1) is 0 Å². The number of carboxylic acid groups (broad SMARTS) is 1. The van der Waals surface area contributed by atoms with Crippen LogP contribution >= 0.6 is 0 Å². The molecule has 19 heavy (non-hydrogen) atoms. The molecule has 2 rings (SSSR count). The first-order chi connectivity index (χ1) is 9.06. The highest BCUT2D eigenvalue weighted by molar-refractivity contribution is 5.96. The summed E-state index contributed by atoms with van der Waals surface area (Å²) >= 11 is 0. The first kappa shape index (κ1) is 13.5. The monoisotopic (exact) mass is 262 g/mol. The van der Waals surface area contributed by atoms with E-state index in [9.17, 15) is 14.7 Å². The number of carbonyl (C=O) groups is 2. The number of carbonyl (C=O) groups excluding carboxylic acids is 1. The van der Waals surface area contributed by atoms with Crippen LogP contribution in [0.1, 0.15) is 43.1 Å². The van der Waals surface area contributed by atoms with Gasteiger partial charge in [0.2, 0.25) is 0 Å². The molecular formula is C14H18N2O3. The molecule has 0 saturated heterocycles. The normalized spacial score (nSPS) is 26.7. The van der Waals surface area contributed by atoms with Gasteiger partial charge in [-0.25, -0.2) is 4.79 Å². The van der Waals surface area contributed by atoms with Crippen molar-refractivity contribution in [3.05, 3.63) is 30.1 Å². The summed E-state index contributed by atoms with van der Waals surface area (Å²) in [5.74, 6) is -1.45. The minimum Gasteiger partial charge on any atom is -0.479 e. The second kappa shape index (κ2) is 5.38. The Labute approximate surface area is 112 Å². The molecule has 0 spiro atoms. The molecule has 102 valence electrons. The van der Waals surface area contributed by atoms with E-state index in [0.29, 0.717) is 6.42 Å². The largest absolute Gasteiger partial charge is 0.479 e. The van der Waals surface area contributed by atoms with Crippen LogP contribution in [0.25, 0.3) is 0 Å². The fourth-order valence-corrected chi connectivity index (χ4v) is 2.67. The summed E-state index contributed by atoms with van der Waals surface area (Å²) in [5.41, 5.74) is -0.909. The third kappa shape index (κ3) is 2.59. The topological polar surface area (TPSA) is 79.3 Å². The number of amides is 1. The van der Waals surface area contributed by atoms with Gasteiger partial charge in [0.05, 0.1) is 0 Å². The molecule has 2 unspecified atom stereocenters. The predicted octanol–water partition coefficient (Wildman–Crippen LogP) is 1.84. The maximum absolute atomic E-state index is 12.1. The average molecular weight is 262 g/mol. The van der Waals surface area contributed by atoms with Crippen molar-refractivity contribution in [1.29, 1.82) is 0 Å².